The Morgan fingerprint density at radius 3 is 2.79 bits per heavy atom. The van der Waals surface area contributed by atoms with E-state index in [4.69, 9.17) is 4.52 Å². The third kappa shape index (κ3) is 3.67. The molecule has 0 amide bonds. The van der Waals surface area contributed by atoms with E-state index < -0.39 is 11.7 Å². The topological polar surface area (TPSA) is 63.8 Å². The predicted octanol–water partition coefficient (Wildman–Crippen LogP) is 2.45. The number of pyridine rings is 1. The Labute approximate surface area is 106 Å². The second-order valence-electron chi connectivity index (χ2n) is 3.84. The first-order valence-corrected chi connectivity index (χ1v) is 5.51. The quantitative estimate of drug-likeness (QED) is 0.926. The summed E-state index contributed by atoms with van der Waals surface area (Å²) in [5.41, 5.74) is -0.737. The number of halogens is 3. The second kappa shape index (κ2) is 5.25. The number of aryl methyl sites for hydroxylation is 1. The van der Waals surface area contributed by atoms with Gasteiger partial charge in [-0.25, -0.2) is 4.98 Å². The lowest BCUT2D eigenvalue weighted by Crippen LogP contribution is -2.09. The Hall–Kier alpha value is -2.12. The van der Waals surface area contributed by atoms with E-state index in [0.29, 0.717) is 24.7 Å². The van der Waals surface area contributed by atoms with Crippen LogP contribution < -0.4 is 5.32 Å². The van der Waals surface area contributed by atoms with Crippen molar-refractivity contribution in [3.05, 3.63) is 35.6 Å². The molecule has 0 aliphatic rings. The molecule has 0 fully saturated rings. The average Bonchev–Trinajstić information content (AvgIpc) is 2.74. The zero-order chi connectivity index (χ0) is 13.9. The van der Waals surface area contributed by atoms with Crippen LogP contribution >= 0.6 is 0 Å². The fourth-order valence-electron chi connectivity index (χ4n) is 1.44. The van der Waals surface area contributed by atoms with E-state index in [1.54, 1.807) is 6.92 Å². The normalized spacial score (nSPS) is 11.6. The molecule has 2 aromatic rings. The average molecular weight is 272 g/mol. The van der Waals surface area contributed by atoms with Crippen molar-refractivity contribution < 1.29 is 17.7 Å². The molecule has 0 saturated heterocycles. The Balaban J connectivity index is 1.93. The predicted molar refractivity (Wildman–Crippen MR) is 60.5 cm³/mol. The monoisotopic (exact) mass is 272 g/mol. The Morgan fingerprint density at radius 1 is 1.37 bits per heavy atom. The highest BCUT2D eigenvalue weighted by Crippen LogP contribution is 2.29. The lowest BCUT2D eigenvalue weighted by molar-refractivity contribution is -0.137. The summed E-state index contributed by atoms with van der Waals surface area (Å²) in [6.45, 7) is 2.05. The van der Waals surface area contributed by atoms with E-state index >= 15 is 0 Å². The van der Waals surface area contributed by atoms with E-state index in [9.17, 15) is 13.2 Å². The molecule has 2 aromatic heterocycles. The molecule has 0 aromatic carbocycles. The van der Waals surface area contributed by atoms with Gasteiger partial charge in [-0.05, 0) is 19.1 Å². The highest BCUT2D eigenvalue weighted by Gasteiger charge is 2.30. The molecule has 8 heteroatoms. The van der Waals surface area contributed by atoms with Gasteiger partial charge in [-0.1, -0.05) is 5.16 Å². The van der Waals surface area contributed by atoms with Gasteiger partial charge in [0.15, 0.2) is 5.82 Å². The zero-order valence-corrected chi connectivity index (χ0v) is 10.0. The van der Waals surface area contributed by atoms with Crippen molar-refractivity contribution in [1.82, 2.24) is 15.1 Å². The molecule has 2 heterocycles. The summed E-state index contributed by atoms with van der Waals surface area (Å²) >= 11 is 0. The number of hydrogen-bond acceptors (Lipinski definition) is 5. The van der Waals surface area contributed by atoms with Gasteiger partial charge in [0.1, 0.15) is 5.82 Å². The van der Waals surface area contributed by atoms with E-state index in [-0.39, 0.29) is 5.82 Å². The standard InChI is InChI=1S/C11H11F3N4O/c1-7-17-10(19-18-7)3-5-16-9-6-8(2-4-15-9)11(12,13)14/h2,4,6H,3,5H2,1H3,(H,15,16). The molecule has 19 heavy (non-hydrogen) atoms. The molecular formula is C11H11F3N4O. The van der Waals surface area contributed by atoms with Gasteiger partial charge in [0.2, 0.25) is 5.89 Å². The molecular weight excluding hydrogens is 261 g/mol. The number of alkyl halides is 3. The molecule has 102 valence electrons. The van der Waals surface area contributed by atoms with Gasteiger partial charge >= 0.3 is 6.18 Å². The first-order chi connectivity index (χ1) is 8.95. The summed E-state index contributed by atoms with van der Waals surface area (Å²) in [5.74, 6) is 1.11. The first kappa shape index (κ1) is 13.3. The molecule has 5 nitrogen and oxygen atoms in total. The van der Waals surface area contributed by atoms with Gasteiger partial charge in [0.25, 0.3) is 0 Å². The Bertz CT molecular complexity index is 553. The van der Waals surface area contributed by atoms with Crippen molar-refractivity contribution in [2.24, 2.45) is 0 Å². The minimum atomic E-state index is -4.37. The van der Waals surface area contributed by atoms with Crippen molar-refractivity contribution in [1.29, 1.82) is 0 Å². The van der Waals surface area contributed by atoms with Crippen LogP contribution in [-0.2, 0) is 12.6 Å². The van der Waals surface area contributed by atoms with Crippen LogP contribution in [0, 0.1) is 6.92 Å². The van der Waals surface area contributed by atoms with Crippen LogP contribution in [0.1, 0.15) is 17.3 Å². The maximum Gasteiger partial charge on any atom is 0.416 e. The number of aromatic nitrogens is 3. The highest BCUT2D eigenvalue weighted by atomic mass is 19.4. The van der Waals surface area contributed by atoms with Crippen molar-refractivity contribution in [3.8, 4) is 0 Å². The van der Waals surface area contributed by atoms with Crippen molar-refractivity contribution in [2.45, 2.75) is 19.5 Å². The van der Waals surface area contributed by atoms with Crippen LogP contribution in [-0.4, -0.2) is 21.7 Å². The fourth-order valence-corrected chi connectivity index (χ4v) is 1.44. The molecule has 1 N–H and O–H groups in total. The van der Waals surface area contributed by atoms with Crippen molar-refractivity contribution in [3.63, 3.8) is 0 Å². The van der Waals surface area contributed by atoms with Crippen LogP contribution in [0.3, 0.4) is 0 Å². The van der Waals surface area contributed by atoms with E-state index in [0.717, 1.165) is 18.3 Å². The number of hydrogen-bond donors (Lipinski definition) is 1. The number of anilines is 1. The maximum atomic E-state index is 12.5. The number of nitrogens with zero attached hydrogens (tertiary/aromatic N) is 3. The summed E-state index contributed by atoms with van der Waals surface area (Å²) in [6.07, 6.45) is -2.84. The molecule has 0 bridgehead atoms. The van der Waals surface area contributed by atoms with Gasteiger partial charge in [0, 0.05) is 19.2 Å². The lowest BCUT2D eigenvalue weighted by atomic mass is 10.2. The van der Waals surface area contributed by atoms with Gasteiger partial charge in [0.05, 0.1) is 5.56 Å². The first-order valence-electron chi connectivity index (χ1n) is 5.51. The lowest BCUT2D eigenvalue weighted by Gasteiger charge is -2.08. The van der Waals surface area contributed by atoms with E-state index in [2.05, 4.69) is 20.4 Å². The summed E-state index contributed by atoms with van der Waals surface area (Å²) in [5, 5.41) is 6.39. The third-order valence-corrected chi connectivity index (χ3v) is 2.30. The molecule has 0 spiro atoms. The van der Waals surface area contributed by atoms with Crippen LogP contribution in [0.4, 0.5) is 19.0 Å². The minimum Gasteiger partial charge on any atom is -0.370 e. The third-order valence-electron chi connectivity index (χ3n) is 2.30. The number of nitrogens with one attached hydrogen (secondary N) is 1. The maximum absolute atomic E-state index is 12.5. The van der Waals surface area contributed by atoms with Crippen LogP contribution in [0.25, 0.3) is 0 Å². The SMILES string of the molecule is Cc1noc(CCNc2cc(C(F)(F)F)ccn2)n1. The Kier molecular flexibility index (Phi) is 3.68. The molecule has 0 radical (unpaired) electrons. The van der Waals surface area contributed by atoms with Gasteiger partial charge in [-0.2, -0.15) is 18.2 Å². The summed E-state index contributed by atoms with van der Waals surface area (Å²) in [4.78, 5) is 7.79. The summed E-state index contributed by atoms with van der Waals surface area (Å²) in [6, 6.07) is 1.88. The second-order valence-corrected chi connectivity index (χ2v) is 3.84. The van der Waals surface area contributed by atoms with E-state index in [1.165, 1.54) is 0 Å². The molecule has 0 saturated carbocycles. The molecule has 0 atom stereocenters. The summed E-state index contributed by atoms with van der Waals surface area (Å²) < 4.78 is 42.3. The molecule has 0 aliphatic carbocycles. The van der Waals surface area contributed by atoms with Gasteiger partial charge < -0.3 is 9.84 Å². The molecule has 0 aliphatic heterocycles. The van der Waals surface area contributed by atoms with Gasteiger partial charge in [-0.3, -0.25) is 0 Å². The largest absolute Gasteiger partial charge is 0.416 e. The minimum absolute atomic E-state index is 0.158. The van der Waals surface area contributed by atoms with E-state index in [1.807, 2.05) is 0 Å². The van der Waals surface area contributed by atoms with Gasteiger partial charge in [-0.15, -0.1) is 0 Å². The van der Waals surface area contributed by atoms with Crippen molar-refractivity contribution >= 4 is 5.82 Å². The Morgan fingerprint density at radius 2 is 2.16 bits per heavy atom. The molecule has 0 unspecified atom stereocenters. The summed E-state index contributed by atoms with van der Waals surface area (Å²) in [7, 11) is 0. The fraction of sp³-hybridized carbons (Fsp3) is 0.364. The van der Waals surface area contributed by atoms with Crippen LogP contribution in [0.5, 0.6) is 0 Å². The van der Waals surface area contributed by atoms with Crippen LogP contribution in [0.15, 0.2) is 22.9 Å². The van der Waals surface area contributed by atoms with Crippen molar-refractivity contribution in [2.75, 3.05) is 11.9 Å². The number of rotatable bonds is 4. The zero-order valence-electron chi connectivity index (χ0n) is 10.0. The molecule has 2 rings (SSSR count). The van der Waals surface area contributed by atoms with Crippen LogP contribution in [0.2, 0.25) is 0 Å². The smallest absolute Gasteiger partial charge is 0.370 e. The highest BCUT2D eigenvalue weighted by molar-refractivity contribution is 5.38.